The van der Waals surface area contributed by atoms with Crippen LogP contribution in [0.2, 0.25) is 0 Å². The number of carbonyl (C=O) groups is 3. The van der Waals surface area contributed by atoms with Crippen molar-refractivity contribution in [1.29, 1.82) is 0 Å². The first-order chi connectivity index (χ1) is 22.4. The van der Waals surface area contributed by atoms with Gasteiger partial charge in [0.15, 0.2) is 0 Å². The van der Waals surface area contributed by atoms with E-state index in [9.17, 15) is 75.8 Å². The number of ether oxygens (including phenoxy) is 5. The average molecular weight is 797 g/mol. The largest absolute Gasteiger partial charge is 0.511 e. The van der Waals surface area contributed by atoms with Crippen LogP contribution in [-0.4, -0.2) is 77.9 Å². The fraction of sp³-hybridized carbons (Fsp3) is 0.900. The van der Waals surface area contributed by atoms with Crippen molar-refractivity contribution in [3.8, 4) is 0 Å². The number of halogens is 14. The van der Waals surface area contributed by atoms with Crippen molar-refractivity contribution in [3.63, 3.8) is 0 Å². The third-order valence-electron chi connectivity index (χ3n) is 8.34. The number of alkyl halides is 14. The highest BCUT2D eigenvalue weighted by atomic mass is 19.4. The van der Waals surface area contributed by atoms with Crippen molar-refractivity contribution < 1.29 is 99.5 Å². The van der Waals surface area contributed by atoms with E-state index in [1.54, 1.807) is 6.92 Å². The van der Waals surface area contributed by atoms with Gasteiger partial charge in [0.25, 0.3) is 5.41 Å². The maximum atomic E-state index is 15.0. The molecule has 0 saturated carbocycles. The lowest BCUT2D eigenvalue weighted by molar-refractivity contribution is -0.462. The summed E-state index contributed by atoms with van der Waals surface area (Å²) in [5.74, 6) is -12.4. The Morgan fingerprint density at radius 3 is 1.29 bits per heavy atom. The summed E-state index contributed by atoms with van der Waals surface area (Å²) in [7, 11) is 0. The monoisotopic (exact) mass is 796 g/mol. The van der Waals surface area contributed by atoms with Gasteiger partial charge in [-0.15, -0.1) is 0 Å². The predicted octanol–water partition coefficient (Wildman–Crippen LogP) is 10.0. The maximum Gasteiger partial charge on any atom is 0.511 e. The van der Waals surface area contributed by atoms with E-state index in [1.165, 1.54) is 41.5 Å². The topological polar surface area (TPSA) is 97.4 Å². The standard InChI is InChI=1S/C17H25F5O6.C13H17F9O2/c1-8-13(5,6)10(23)26-14(7)9-25-16(15(14,18)19,17(20,21)22)28-11(24)27-12(2,3)4;1-6-8(2,3)7(23)24-9(4,5)10(11(14,15)16,12(17,18)19)13(20,21)22/h8-9H2,1-7H3;6H2,1-5H3. The van der Waals surface area contributed by atoms with Crippen LogP contribution in [-0.2, 0) is 33.3 Å². The van der Waals surface area contributed by atoms with Crippen molar-refractivity contribution in [2.75, 3.05) is 6.61 Å². The molecule has 1 saturated heterocycles. The summed E-state index contributed by atoms with van der Waals surface area (Å²) in [4.78, 5) is 35.7. The van der Waals surface area contributed by atoms with Crippen LogP contribution in [0.1, 0.15) is 95.9 Å². The molecule has 52 heavy (non-hydrogen) atoms. The molecule has 0 spiro atoms. The van der Waals surface area contributed by atoms with E-state index in [-0.39, 0.29) is 26.7 Å². The number of carbonyl (C=O) groups excluding carboxylic acids is 3. The van der Waals surface area contributed by atoms with Crippen molar-refractivity contribution in [1.82, 2.24) is 0 Å². The predicted molar refractivity (Wildman–Crippen MR) is 150 cm³/mol. The molecule has 1 fully saturated rings. The quantitative estimate of drug-likeness (QED) is 0.136. The second-order valence-corrected chi connectivity index (χ2v) is 14.8. The van der Waals surface area contributed by atoms with Gasteiger partial charge in [-0.3, -0.25) is 9.59 Å². The van der Waals surface area contributed by atoms with Crippen LogP contribution in [0.5, 0.6) is 0 Å². The summed E-state index contributed by atoms with van der Waals surface area (Å²) < 4.78 is 210. The minimum atomic E-state index is -6.80. The maximum absolute atomic E-state index is 15.0. The van der Waals surface area contributed by atoms with E-state index in [2.05, 4.69) is 18.9 Å². The number of rotatable bonds is 8. The van der Waals surface area contributed by atoms with Crippen LogP contribution < -0.4 is 0 Å². The molecule has 1 heterocycles. The average Bonchev–Trinajstić information content (AvgIpc) is 3.05. The van der Waals surface area contributed by atoms with Gasteiger partial charge in [0, 0.05) is 0 Å². The van der Waals surface area contributed by atoms with Gasteiger partial charge in [0.2, 0.25) is 5.60 Å². The Labute approximate surface area is 290 Å². The zero-order valence-corrected chi connectivity index (χ0v) is 30.2. The van der Waals surface area contributed by atoms with Crippen LogP contribution in [0.25, 0.3) is 0 Å². The Kier molecular flexibility index (Phi) is 13.7. The highest BCUT2D eigenvalue weighted by Gasteiger charge is 2.90. The molecular formula is C30H42F14O8. The Hall–Kier alpha value is -2.81. The van der Waals surface area contributed by atoms with Crippen LogP contribution in [0.4, 0.5) is 66.3 Å². The molecule has 0 aliphatic carbocycles. The molecule has 0 bridgehead atoms. The van der Waals surface area contributed by atoms with Gasteiger partial charge in [0.1, 0.15) is 11.2 Å². The summed E-state index contributed by atoms with van der Waals surface area (Å²) in [5.41, 5.74) is -17.3. The van der Waals surface area contributed by atoms with E-state index >= 15 is 0 Å². The second-order valence-electron chi connectivity index (χ2n) is 14.8. The second kappa shape index (κ2) is 14.4. The fourth-order valence-corrected chi connectivity index (χ4v) is 4.25. The molecule has 0 radical (unpaired) electrons. The normalized spacial score (nSPS) is 22.2. The first kappa shape index (κ1) is 49.2. The smallest absolute Gasteiger partial charge is 0.458 e. The minimum Gasteiger partial charge on any atom is -0.458 e. The van der Waals surface area contributed by atoms with Crippen molar-refractivity contribution in [2.45, 2.75) is 149 Å². The molecule has 1 rings (SSSR count). The Morgan fingerprint density at radius 1 is 0.615 bits per heavy atom. The van der Waals surface area contributed by atoms with E-state index in [0.29, 0.717) is 6.92 Å². The molecule has 22 heteroatoms. The Bertz CT molecular complexity index is 1250. The zero-order valence-electron chi connectivity index (χ0n) is 30.2. The molecule has 0 aromatic carbocycles. The molecule has 1 aliphatic rings. The van der Waals surface area contributed by atoms with Gasteiger partial charge in [-0.25, -0.2) is 4.79 Å². The molecule has 1 aliphatic heterocycles. The summed E-state index contributed by atoms with van der Waals surface area (Å²) in [6.07, 6.45) is -28.1. The lowest BCUT2D eigenvalue weighted by atomic mass is 9.70. The first-order valence-electron chi connectivity index (χ1n) is 15.1. The van der Waals surface area contributed by atoms with Crippen molar-refractivity contribution >= 4 is 18.1 Å². The highest BCUT2D eigenvalue weighted by molar-refractivity contribution is 5.77. The van der Waals surface area contributed by atoms with Gasteiger partial charge < -0.3 is 23.7 Å². The van der Waals surface area contributed by atoms with Gasteiger partial charge in [-0.05, 0) is 82.1 Å². The molecule has 2 unspecified atom stereocenters. The van der Waals surface area contributed by atoms with Crippen molar-refractivity contribution in [3.05, 3.63) is 0 Å². The molecule has 0 aromatic rings. The number of hydrogen-bond acceptors (Lipinski definition) is 8. The summed E-state index contributed by atoms with van der Waals surface area (Å²) in [6.45, 7) is 11.0. The molecule has 308 valence electrons. The summed E-state index contributed by atoms with van der Waals surface area (Å²) in [6, 6.07) is 0. The Balaban J connectivity index is 0.00000101. The third-order valence-corrected chi connectivity index (χ3v) is 8.34. The number of esters is 2. The van der Waals surface area contributed by atoms with Crippen LogP contribution >= 0.6 is 0 Å². The van der Waals surface area contributed by atoms with Gasteiger partial charge in [0.05, 0.1) is 17.4 Å². The lowest BCUT2D eigenvalue weighted by Gasteiger charge is -2.48. The van der Waals surface area contributed by atoms with Gasteiger partial charge >= 0.3 is 54.5 Å². The SMILES string of the molecule is CCC(C)(C)C(=O)OC(C)(C)C(C(F)(F)F)(C(F)(F)F)C(F)(F)F.CCC(C)(C)C(=O)OC1(C)COC(OC(=O)OC(C)(C)C)(C(F)(F)F)C1(F)F. The van der Waals surface area contributed by atoms with Crippen LogP contribution in [0, 0.1) is 16.2 Å². The molecular weight excluding hydrogens is 754 g/mol. The highest BCUT2D eigenvalue weighted by Crippen LogP contribution is 2.65. The lowest BCUT2D eigenvalue weighted by Crippen LogP contribution is -2.71. The van der Waals surface area contributed by atoms with Crippen LogP contribution in [0.3, 0.4) is 0 Å². The molecule has 0 aromatic heterocycles. The van der Waals surface area contributed by atoms with E-state index in [4.69, 9.17) is 4.74 Å². The van der Waals surface area contributed by atoms with Crippen LogP contribution in [0.15, 0.2) is 0 Å². The third kappa shape index (κ3) is 9.10. The minimum absolute atomic E-state index is 0.0505. The number of hydrogen-bond donors (Lipinski definition) is 0. The van der Waals surface area contributed by atoms with Gasteiger partial charge in [-0.2, -0.15) is 61.5 Å². The first-order valence-corrected chi connectivity index (χ1v) is 15.1. The van der Waals surface area contributed by atoms with E-state index in [0.717, 1.165) is 13.8 Å². The van der Waals surface area contributed by atoms with Gasteiger partial charge in [-0.1, -0.05) is 13.8 Å². The summed E-state index contributed by atoms with van der Waals surface area (Å²) >= 11 is 0. The molecule has 2 atom stereocenters. The molecule has 8 nitrogen and oxygen atoms in total. The molecule has 0 amide bonds. The van der Waals surface area contributed by atoms with Crippen molar-refractivity contribution in [2.24, 2.45) is 16.2 Å². The van der Waals surface area contributed by atoms with E-state index < -0.39 is 94.2 Å². The fourth-order valence-electron chi connectivity index (χ4n) is 4.25. The summed E-state index contributed by atoms with van der Waals surface area (Å²) in [5, 5.41) is 0. The molecule has 0 N–H and O–H groups in total. The van der Waals surface area contributed by atoms with E-state index in [1.807, 2.05) is 0 Å². The Morgan fingerprint density at radius 2 is 0.981 bits per heavy atom. The zero-order chi connectivity index (χ0) is 42.4.